The van der Waals surface area contributed by atoms with Crippen LogP contribution in [0.3, 0.4) is 0 Å². The van der Waals surface area contributed by atoms with Crippen LogP contribution >= 0.6 is 0 Å². The summed E-state index contributed by atoms with van der Waals surface area (Å²) in [6, 6.07) is 28.5. The third-order valence-corrected chi connectivity index (χ3v) is 7.17. The van der Waals surface area contributed by atoms with Crippen LogP contribution in [-0.4, -0.2) is 88.2 Å². The molecule has 1 saturated heterocycles. The first-order chi connectivity index (χ1) is 24.7. The Hall–Kier alpha value is -6.41. The van der Waals surface area contributed by atoms with E-state index in [0.717, 1.165) is 0 Å². The van der Waals surface area contributed by atoms with Crippen LogP contribution in [0, 0.1) is 0 Å². The van der Waals surface area contributed by atoms with Gasteiger partial charge < -0.3 is 40.9 Å². The normalized spacial score (nSPS) is 12.5. The number of phenols is 4. The summed E-state index contributed by atoms with van der Waals surface area (Å²) in [4.78, 5) is 47.9. The summed E-state index contributed by atoms with van der Waals surface area (Å²) in [6.45, 7) is 1.22. The predicted octanol–water partition coefficient (Wildman–Crippen LogP) is 3.71. The number of phenolic OH excluding ortho intramolecular Hbond substituents is 3. The van der Waals surface area contributed by atoms with Gasteiger partial charge in [-0.2, -0.15) is 0 Å². The number of carboxylic acids is 1. The Balaban J connectivity index is 0.000000331. The van der Waals surface area contributed by atoms with Gasteiger partial charge in [0.2, 0.25) is 0 Å². The molecule has 1 aliphatic rings. The number of hydrogen-bond acceptors (Lipinski definition) is 10. The Bertz CT molecular complexity index is 1700. The third kappa shape index (κ3) is 15.2. The van der Waals surface area contributed by atoms with E-state index < -0.39 is 23.9 Å². The minimum Gasteiger partial charge on any atom is -0.561 e. The van der Waals surface area contributed by atoms with Gasteiger partial charge >= 0.3 is 23.9 Å². The smallest absolute Gasteiger partial charge is 0.552 e. The summed E-state index contributed by atoms with van der Waals surface area (Å²) >= 11 is 0. The number of carboxylic acid groups (broad SMARTS) is 1. The number of carbonyl (C=O) groups excluding carboxylic acids is 3. The van der Waals surface area contributed by atoms with Crippen LogP contribution in [0.15, 0.2) is 122 Å². The molecule has 1 radical (unpaired) electrons. The quantitative estimate of drug-likeness (QED) is 0.127. The summed E-state index contributed by atoms with van der Waals surface area (Å²) in [6.07, 6.45) is 6.41. The molecule has 1 fully saturated rings. The van der Waals surface area contributed by atoms with Crippen molar-refractivity contribution in [2.75, 3.05) is 13.6 Å². The monoisotopic (exact) mass is 772 g/mol. The summed E-state index contributed by atoms with van der Waals surface area (Å²) in [5.74, 6) is -4.31. The second-order valence-electron chi connectivity index (χ2n) is 10.8. The van der Waals surface area contributed by atoms with E-state index in [1.54, 1.807) is 48.5 Å². The second kappa shape index (κ2) is 23.1. The van der Waals surface area contributed by atoms with E-state index in [-0.39, 0.29) is 62.3 Å². The molecule has 1 aliphatic heterocycles. The maximum atomic E-state index is 10.4. The molecule has 0 saturated carbocycles. The van der Waals surface area contributed by atoms with Crippen molar-refractivity contribution < 1.29 is 77.1 Å². The molecule has 0 amide bonds. The maximum Gasteiger partial charge on any atom is 0.552 e. The van der Waals surface area contributed by atoms with Crippen LogP contribution in [0.4, 0.5) is 0 Å². The fraction of sp³-hybridized carbons (Fsp3) is 0.132. The molecule has 53 heavy (non-hydrogen) atoms. The van der Waals surface area contributed by atoms with Gasteiger partial charge in [-0.05, 0) is 86.6 Å². The minimum absolute atomic E-state index is 0. The van der Waals surface area contributed by atoms with E-state index >= 15 is 0 Å². The number of hydrogen-bond donors (Lipinski definition) is 5. The van der Waals surface area contributed by atoms with Crippen molar-refractivity contribution in [2.24, 2.45) is 0 Å². The molecule has 0 bridgehead atoms. The number of para-hydroxylation sites is 4. The second-order valence-corrected chi connectivity index (χ2v) is 10.8. The Morgan fingerprint density at radius 1 is 0.604 bits per heavy atom. The topological polar surface area (TPSA) is 254 Å². The summed E-state index contributed by atoms with van der Waals surface area (Å²) in [5.41, 5.74) is 1.42. The van der Waals surface area contributed by atoms with Crippen LogP contribution in [0.2, 0.25) is 0 Å². The van der Waals surface area contributed by atoms with Gasteiger partial charge in [-0.15, -0.1) is 0 Å². The SMILES string of the molecule is CN1CCC[C@@H]1c1cccnc1.O=C(O)c1ccccc1O.O=C([OH2+])c1ccccc1O.O=C([OH2+])c1ccccc1O.O=C([OH2+])c1ccccc1O.[Mn]. The fourth-order valence-electron chi connectivity index (χ4n) is 4.56. The molecule has 5 aromatic rings. The number of pyridine rings is 1. The van der Waals surface area contributed by atoms with Gasteiger partial charge in [0.05, 0.1) is 0 Å². The molecule has 11 N–H and O–H groups in total. The maximum absolute atomic E-state index is 10.4. The van der Waals surface area contributed by atoms with Gasteiger partial charge in [-0.25, -0.2) is 4.79 Å². The molecule has 0 spiro atoms. The molecule has 14 nitrogen and oxygen atoms in total. The molecular formula is C38H41MnN2O12+3. The van der Waals surface area contributed by atoms with Crippen molar-refractivity contribution in [1.82, 2.24) is 9.88 Å². The van der Waals surface area contributed by atoms with Gasteiger partial charge in [0.1, 0.15) is 28.6 Å². The zero-order valence-electron chi connectivity index (χ0n) is 28.4. The molecule has 2 heterocycles. The number of aromatic hydroxyl groups is 4. The van der Waals surface area contributed by atoms with E-state index in [1.165, 1.54) is 73.5 Å². The number of likely N-dealkylation sites (tertiary alicyclic amines) is 1. The first kappa shape index (κ1) is 44.6. The molecule has 15 heteroatoms. The summed E-state index contributed by atoms with van der Waals surface area (Å²) in [7, 11) is 2.19. The van der Waals surface area contributed by atoms with E-state index in [1.807, 2.05) is 18.5 Å². The zero-order valence-corrected chi connectivity index (χ0v) is 29.6. The minimum atomic E-state index is -1.11. The van der Waals surface area contributed by atoms with Gasteiger partial charge in [0.25, 0.3) is 0 Å². The Morgan fingerprint density at radius 3 is 1.19 bits per heavy atom. The molecule has 1 atom stereocenters. The number of rotatable bonds is 5. The summed E-state index contributed by atoms with van der Waals surface area (Å²) in [5, 5.41) is 64.1. The first-order valence-corrected chi connectivity index (χ1v) is 15.5. The van der Waals surface area contributed by atoms with Gasteiger partial charge in [0.15, 0.2) is 16.7 Å². The summed E-state index contributed by atoms with van der Waals surface area (Å²) < 4.78 is 0. The van der Waals surface area contributed by atoms with Crippen molar-refractivity contribution in [2.45, 2.75) is 18.9 Å². The Labute approximate surface area is 315 Å². The molecule has 279 valence electrons. The standard InChI is InChI=1S/C10H14N2.4C7H6O3.Mn/c1-12-7-3-5-10(12)9-4-2-6-11-8-9;4*8-6-4-2-1-3-5(6)7(9)10;/h2,4,6,8,10H,3,5,7H2,1H3;4*1-4,8H,(H,9,10);/p+3/t10-;;;;;/m1...../s1. The average Bonchev–Trinajstić information content (AvgIpc) is 3.56. The van der Waals surface area contributed by atoms with Crippen LogP contribution in [0.1, 0.15) is 65.9 Å². The molecule has 6 rings (SSSR count). The van der Waals surface area contributed by atoms with Crippen molar-refractivity contribution in [3.8, 4) is 23.0 Å². The van der Waals surface area contributed by atoms with E-state index in [2.05, 4.69) is 23.0 Å². The van der Waals surface area contributed by atoms with Crippen LogP contribution < -0.4 is 0 Å². The third-order valence-electron chi connectivity index (χ3n) is 7.17. The molecular weight excluding hydrogens is 731 g/mol. The number of nitrogens with zero attached hydrogens (tertiary/aromatic N) is 2. The van der Waals surface area contributed by atoms with Gasteiger partial charge in [-0.3, -0.25) is 9.88 Å². The molecule has 4 aromatic carbocycles. The first-order valence-electron chi connectivity index (χ1n) is 15.5. The fourth-order valence-corrected chi connectivity index (χ4v) is 4.56. The van der Waals surface area contributed by atoms with Crippen molar-refractivity contribution in [3.05, 3.63) is 149 Å². The largest absolute Gasteiger partial charge is 0.561 e. The van der Waals surface area contributed by atoms with Crippen molar-refractivity contribution in [3.63, 3.8) is 0 Å². The number of benzene rings is 4. The van der Waals surface area contributed by atoms with Crippen LogP contribution in [0.25, 0.3) is 0 Å². The van der Waals surface area contributed by atoms with Crippen molar-refractivity contribution in [1.29, 1.82) is 0 Å². The van der Waals surface area contributed by atoms with Crippen LogP contribution in [-0.2, 0) is 17.1 Å². The van der Waals surface area contributed by atoms with Crippen LogP contribution in [0.5, 0.6) is 23.0 Å². The average molecular weight is 773 g/mol. The molecule has 1 aromatic heterocycles. The Morgan fingerprint density at radius 2 is 0.962 bits per heavy atom. The van der Waals surface area contributed by atoms with E-state index in [4.69, 9.17) is 40.9 Å². The van der Waals surface area contributed by atoms with Gasteiger partial charge in [-0.1, -0.05) is 54.6 Å². The van der Waals surface area contributed by atoms with E-state index in [0.29, 0.717) is 6.04 Å². The van der Waals surface area contributed by atoms with E-state index in [9.17, 15) is 19.2 Å². The number of aromatic nitrogens is 1. The molecule has 0 aliphatic carbocycles. The number of aromatic carboxylic acids is 1. The van der Waals surface area contributed by atoms with Gasteiger partial charge in [0, 0.05) is 49.9 Å². The zero-order chi connectivity index (χ0) is 38.6. The molecule has 0 unspecified atom stereocenters. The van der Waals surface area contributed by atoms with Crippen molar-refractivity contribution >= 4 is 23.9 Å². The predicted molar refractivity (Wildman–Crippen MR) is 192 cm³/mol. The Kier molecular flexibility index (Phi) is 19.5. The number of carbonyl (C=O) groups is 4.